The van der Waals surface area contributed by atoms with Gasteiger partial charge in [0.05, 0.1) is 5.52 Å². The molecule has 14 heteroatoms. The van der Waals surface area contributed by atoms with Crippen molar-refractivity contribution in [1.82, 2.24) is 4.57 Å². The number of fused-ring (bicyclic) bond motifs is 5. The fraction of sp³-hybridized carbons (Fsp3) is 0.354. The van der Waals surface area contributed by atoms with Crippen LogP contribution in [0, 0.1) is 26.7 Å². The first-order valence-electron chi connectivity index (χ1n) is 20.3. The fourth-order valence-corrected chi connectivity index (χ4v) is 8.13. The normalized spacial score (nSPS) is 13.4. The van der Waals surface area contributed by atoms with Crippen LogP contribution in [0.3, 0.4) is 0 Å². The molecule has 0 radical (unpaired) electrons. The summed E-state index contributed by atoms with van der Waals surface area (Å²) in [7, 11) is 0. The van der Waals surface area contributed by atoms with Gasteiger partial charge in [0.15, 0.2) is 12.4 Å². The predicted octanol–water partition coefficient (Wildman–Crippen LogP) is 13.2. The van der Waals surface area contributed by atoms with Gasteiger partial charge < -0.3 is 14.1 Å². The number of hydrogen-bond donors (Lipinski definition) is 0. The van der Waals surface area contributed by atoms with Crippen LogP contribution in [-0.4, -0.2) is 52.8 Å². The lowest BCUT2D eigenvalue weighted by Gasteiger charge is -2.32. The smallest absolute Gasteiger partial charge is 0.381 e. The molecule has 6 rings (SSSR count). The first kappa shape index (κ1) is 45.7. The molecule has 0 saturated carbocycles. The zero-order chi connectivity index (χ0) is 45.3. The van der Waals surface area contributed by atoms with Crippen LogP contribution in [0.4, 0.5) is 35.1 Å². The van der Waals surface area contributed by atoms with Crippen molar-refractivity contribution in [3.05, 3.63) is 124 Å². The molecule has 0 aliphatic rings. The zero-order valence-corrected chi connectivity index (χ0v) is 35.0. The highest BCUT2D eigenvalue weighted by Crippen LogP contribution is 2.49. The monoisotopic (exact) mass is 866 g/mol. The van der Waals surface area contributed by atoms with E-state index in [0.717, 1.165) is 77.2 Å². The first-order valence-corrected chi connectivity index (χ1v) is 20.3. The minimum atomic E-state index is -6.49. The molecule has 1 atom stereocenters. The third-order valence-electron chi connectivity index (χ3n) is 11.2. The first-order chi connectivity index (χ1) is 29.2. The summed E-state index contributed by atoms with van der Waals surface area (Å²) in [5.74, 6) is -20.0. The second-order valence-corrected chi connectivity index (χ2v) is 15.7. The molecule has 0 amide bonds. The highest BCUT2D eigenvalue weighted by molar-refractivity contribution is 6.27. The van der Waals surface area contributed by atoms with Gasteiger partial charge in [0.25, 0.3) is 0 Å². The van der Waals surface area contributed by atoms with Gasteiger partial charge in [-0.25, -0.2) is 13.6 Å². The third-order valence-corrected chi connectivity index (χ3v) is 11.2. The van der Waals surface area contributed by atoms with E-state index < -0.39 is 42.5 Å². The molecule has 5 aromatic carbocycles. The molecule has 1 unspecified atom stereocenters. The molecule has 0 fully saturated rings. The summed E-state index contributed by atoms with van der Waals surface area (Å²) in [6.45, 7) is 9.26. The summed E-state index contributed by atoms with van der Waals surface area (Å²) in [6.07, 6.45) is -1.21. The van der Waals surface area contributed by atoms with Crippen LogP contribution in [0.1, 0.15) is 90.2 Å². The second-order valence-electron chi connectivity index (χ2n) is 15.7. The molecular weight excluding hydrogens is 821 g/mol. The molecule has 62 heavy (non-hydrogen) atoms. The van der Waals surface area contributed by atoms with Crippen LogP contribution in [0.15, 0.2) is 90.1 Å². The Morgan fingerprint density at radius 1 is 0.774 bits per heavy atom. The minimum absolute atomic E-state index is 0.179. The number of aromatic nitrogens is 1. The van der Waals surface area contributed by atoms with Gasteiger partial charge in [-0.3, -0.25) is 4.79 Å². The van der Waals surface area contributed by atoms with Crippen molar-refractivity contribution < 1.29 is 54.3 Å². The number of halogens is 8. The van der Waals surface area contributed by atoms with Gasteiger partial charge in [-0.1, -0.05) is 98.4 Å². The van der Waals surface area contributed by atoms with Crippen molar-refractivity contribution in [3.8, 4) is 5.75 Å². The van der Waals surface area contributed by atoms with E-state index in [1.165, 1.54) is 18.2 Å². The van der Waals surface area contributed by atoms with E-state index in [4.69, 9.17) is 9.57 Å². The number of nitrogens with zero attached hydrogens (tertiary/aromatic N) is 2. The molecule has 0 spiro atoms. The van der Waals surface area contributed by atoms with Gasteiger partial charge >= 0.3 is 30.2 Å². The van der Waals surface area contributed by atoms with Crippen molar-refractivity contribution >= 4 is 50.0 Å². The number of rotatable bonds is 17. The lowest BCUT2D eigenvalue weighted by molar-refractivity contribution is -0.342. The topological polar surface area (TPSA) is 69.9 Å². The summed E-state index contributed by atoms with van der Waals surface area (Å²) in [4.78, 5) is 31.8. The minimum Gasteiger partial charge on any atom is -0.486 e. The molecule has 0 saturated heterocycles. The van der Waals surface area contributed by atoms with E-state index in [0.29, 0.717) is 28.4 Å². The molecule has 1 aromatic heterocycles. The van der Waals surface area contributed by atoms with Crippen LogP contribution in [0.2, 0.25) is 0 Å². The summed E-state index contributed by atoms with van der Waals surface area (Å²) in [5.41, 5.74) is 5.13. The quantitative estimate of drug-likeness (QED) is 0.0301. The summed E-state index contributed by atoms with van der Waals surface area (Å²) >= 11 is 0. The number of carbonyl (C=O) groups is 2. The van der Waals surface area contributed by atoms with Gasteiger partial charge in [-0.2, -0.15) is 26.3 Å². The van der Waals surface area contributed by atoms with Gasteiger partial charge in [-0.05, 0) is 80.0 Å². The van der Waals surface area contributed by atoms with Gasteiger partial charge in [0, 0.05) is 57.4 Å². The number of alkyl halides is 8. The van der Waals surface area contributed by atoms with Crippen molar-refractivity contribution in [3.63, 3.8) is 0 Å². The Balaban J connectivity index is 1.59. The molecule has 0 bridgehead atoms. The number of carbonyl (C=O) groups excluding carboxylic acids is 2. The van der Waals surface area contributed by atoms with Gasteiger partial charge in [-0.15, -0.1) is 0 Å². The number of aryl methyl sites for hydroxylation is 3. The van der Waals surface area contributed by atoms with Gasteiger partial charge in [0.2, 0.25) is 0 Å². The van der Waals surface area contributed by atoms with E-state index in [2.05, 4.69) is 23.6 Å². The Kier molecular flexibility index (Phi) is 13.2. The molecule has 0 aliphatic carbocycles. The summed E-state index contributed by atoms with van der Waals surface area (Å²) < 4.78 is 118. The SMILES string of the molecule is CCCCC(CC)Cn1c2ccc(/C(=N\OC(C)=O)c3ccccc3OCC(F)(F)C(F)(F)C(F)(F)C(F)F)cc2c2cc(C(=O)c3c(C)cc(C)cc3C)c3ccccc3c21. The molecule has 1 heterocycles. The van der Waals surface area contributed by atoms with E-state index >= 15 is 0 Å². The molecule has 0 N–H and O–H groups in total. The van der Waals surface area contributed by atoms with Gasteiger partial charge in [0.1, 0.15) is 11.5 Å². The van der Waals surface area contributed by atoms with Crippen molar-refractivity contribution in [2.24, 2.45) is 11.1 Å². The zero-order valence-electron chi connectivity index (χ0n) is 35.0. The maximum absolute atomic E-state index is 14.7. The Labute approximate surface area is 353 Å². The number of ether oxygens (including phenoxy) is 1. The molecule has 6 nitrogen and oxygen atoms in total. The Bertz CT molecular complexity index is 2660. The number of para-hydroxylation sites is 1. The van der Waals surface area contributed by atoms with Crippen LogP contribution < -0.4 is 4.74 Å². The average molecular weight is 867 g/mol. The molecule has 328 valence electrons. The highest BCUT2D eigenvalue weighted by Gasteiger charge is 2.75. The predicted molar refractivity (Wildman–Crippen MR) is 225 cm³/mol. The maximum atomic E-state index is 14.7. The maximum Gasteiger partial charge on any atom is 0.381 e. The van der Waals surface area contributed by atoms with Crippen molar-refractivity contribution in [1.29, 1.82) is 0 Å². The van der Waals surface area contributed by atoms with E-state index in [-0.39, 0.29) is 28.5 Å². The fourth-order valence-electron chi connectivity index (χ4n) is 8.13. The molecular formula is C48H46F8N2O4. The van der Waals surface area contributed by atoms with Crippen LogP contribution in [0.25, 0.3) is 32.6 Å². The van der Waals surface area contributed by atoms with E-state index in [1.807, 2.05) is 63.2 Å². The van der Waals surface area contributed by atoms with E-state index in [1.54, 1.807) is 18.2 Å². The Hall–Kier alpha value is -5.79. The standard InChI is InChI=1S/C48H46F8N2O4/c1-7-9-14-31(8-2)25-58-39-20-19-32(42(57-62-30(6)59)35-17-12-13-18-40(35)61-26-46(51,52)48(55,56)47(53,54)45(49)50)23-36(39)37-24-38(33-15-10-11-16-34(33)43(37)58)44(60)41-28(4)21-27(3)22-29(41)5/h10-13,15-24,31,45H,7-9,14,25-26H2,1-6H3/b57-42+. The van der Waals surface area contributed by atoms with Crippen molar-refractivity contribution in [2.45, 2.75) is 98.0 Å². The second kappa shape index (κ2) is 17.9. The lowest BCUT2D eigenvalue weighted by Crippen LogP contribution is -2.59. The number of hydrogen-bond acceptors (Lipinski definition) is 5. The molecule has 0 aliphatic heterocycles. The van der Waals surface area contributed by atoms with Crippen LogP contribution in [-0.2, 0) is 16.2 Å². The highest BCUT2D eigenvalue weighted by atomic mass is 19.4. The lowest BCUT2D eigenvalue weighted by atomic mass is 9.89. The number of oxime groups is 1. The summed E-state index contributed by atoms with van der Waals surface area (Å²) in [6, 6.07) is 23.6. The number of unbranched alkanes of at least 4 members (excludes halogenated alkanes) is 1. The number of benzene rings is 5. The Morgan fingerprint density at radius 2 is 1.42 bits per heavy atom. The summed E-state index contributed by atoms with van der Waals surface area (Å²) in [5, 5.41) is 6.89. The molecule has 6 aromatic rings. The van der Waals surface area contributed by atoms with Crippen LogP contribution in [0.5, 0.6) is 5.75 Å². The van der Waals surface area contributed by atoms with E-state index in [9.17, 15) is 44.7 Å². The number of ketones is 1. The van der Waals surface area contributed by atoms with Crippen LogP contribution >= 0.6 is 0 Å². The Morgan fingerprint density at radius 3 is 2.05 bits per heavy atom. The largest absolute Gasteiger partial charge is 0.486 e. The van der Waals surface area contributed by atoms with Crippen molar-refractivity contribution in [2.75, 3.05) is 6.61 Å². The average Bonchev–Trinajstić information content (AvgIpc) is 3.53. The third kappa shape index (κ3) is 8.52.